The van der Waals surface area contributed by atoms with Gasteiger partial charge in [0.25, 0.3) is 0 Å². The Morgan fingerprint density at radius 1 is 1.44 bits per heavy atom. The van der Waals surface area contributed by atoms with Crippen LogP contribution in [-0.4, -0.2) is 46.0 Å². The molecule has 1 atom stereocenters. The normalized spacial score (nSPS) is 12.2. The van der Waals surface area contributed by atoms with Crippen molar-refractivity contribution in [3.63, 3.8) is 0 Å². The topological polar surface area (TPSA) is 77.7 Å². The first kappa shape index (κ1) is 14.6. The molecule has 1 N–H and O–H groups in total. The Morgan fingerprint density at radius 3 is 2.78 bits per heavy atom. The quantitative estimate of drug-likeness (QED) is 0.839. The lowest BCUT2D eigenvalue weighted by Crippen LogP contribution is -2.34. The smallest absolute Gasteiger partial charge is 0.227 e. The summed E-state index contributed by atoms with van der Waals surface area (Å²) in [6.45, 7) is 5.88. The number of halogens is 1. The van der Waals surface area contributed by atoms with Crippen molar-refractivity contribution < 1.29 is 0 Å². The molecule has 0 aromatic carbocycles. The number of likely N-dealkylation sites (N-methyl/N-ethyl adjacent to an activating group) is 1. The van der Waals surface area contributed by atoms with Gasteiger partial charge in [0, 0.05) is 12.6 Å². The second kappa shape index (κ2) is 7.09. The second-order valence-corrected chi connectivity index (χ2v) is 4.32. The fraction of sp³-hybridized carbons (Fsp3) is 0.636. The van der Waals surface area contributed by atoms with Gasteiger partial charge in [-0.15, -0.1) is 0 Å². The van der Waals surface area contributed by atoms with Crippen molar-refractivity contribution in [2.24, 2.45) is 0 Å². The van der Waals surface area contributed by atoms with Gasteiger partial charge in [0.15, 0.2) is 0 Å². The molecule has 1 aromatic rings. The van der Waals surface area contributed by atoms with Crippen LogP contribution in [0.25, 0.3) is 0 Å². The number of nitrogens with zero attached hydrogens (tertiary/aromatic N) is 5. The maximum atomic E-state index is 8.60. The predicted octanol–water partition coefficient (Wildman–Crippen LogP) is 1.34. The molecule has 1 aromatic heterocycles. The van der Waals surface area contributed by atoms with Crippen molar-refractivity contribution in [1.82, 2.24) is 19.9 Å². The molecule has 0 aliphatic rings. The highest BCUT2D eigenvalue weighted by atomic mass is 35.5. The second-order valence-electron chi connectivity index (χ2n) is 3.98. The van der Waals surface area contributed by atoms with Crippen LogP contribution < -0.4 is 5.32 Å². The van der Waals surface area contributed by atoms with Crippen molar-refractivity contribution in [2.45, 2.75) is 26.3 Å². The van der Waals surface area contributed by atoms with E-state index in [2.05, 4.69) is 39.0 Å². The van der Waals surface area contributed by atoms with Crippen LogP contribution in [0.1, 0.15) is 19.7 Å². The van der Waals surface area contributed by atoms with E-state index in [4.69, 9.17) is 16.9 Å². The summed E-state index contributed by atoms with van der Waals surface area (Å²) in [5, 5.41) is 11.8. The van der Waals surface area contributed by atoms with Crippen LogP contribution in [-0.2, 0) is 6.42 Å². The van der Waals surface area contributed by atoms with Gasteiger partial charge in [0.1, 0.15) is 5.82 Å². The zero-order chi connectivity index (χ0) is 13.5. The average molecular weight is 269 g/mol. The Balaban J connectivity index is 2.64. The van der Waals surface area contributed by atoms with E-state index in [0.29, 0.717) is 24.4 Å². The number of hydrogen-bond donors (Lipinski definition) is 1. The van der Waals surface area contributed by atoms with E-state index in [-0.39, 0.29) is 11.7 Å². The highest BCUT2D eigenvalue weighted by molar-refractivity contribution is 6.28. The maximum Gasteiger partial charge on any atom is 0.227 e. The molecule has 0 amide bonds. The first-order valence-corrected chi connectivity index (χ1v) is 6.16. The van der Waals surface area contributed by atoms with Crippen molar-refractivity contribution in [3.05, 3.63) is 11.1 Å². The third-order valence-electron chi connectivity index (χ3n) is 2.70. The summed E-state index contributed by atoms with van der Waals surface area (Å²) in [6.07, 6.45) is 0.126. The van der Waals surface area contributed by atoms with Crippen LogP contribution in [0.15, 0.2) is 0 Å². The Hall–Kier alpha value is -1.45. The number of anilines is 1. The summed E-state index contributed by atoms with van der Waals surface area (Å²) in [4.78, 5) is 14.2. The molecule has 0 aliphatic heterocycles. The van der Waals surface area contributed by atoms with Gasteiger partial charge >= 0.3 is 0 Å². The van der Waals surface area contributed by atoms with Crippen molar-refractivity contribution >= 4 is 17.5 Å². The maximum absolute atomic E-state index is 8.60. The van der Waals surface area contributed by atoms with Crippen LogP contribution >= 0.6 is 11.6 Å². The van der Waals surface area contributed by atoms with Gasteiger partial charge in [-0.05, 0) is 32.1 Å². The monoisotopic (exact) mass is 268 g/mol. The minimum atomic E-state index is 0.106. The van der Waals surface area contributed by atoms with E-state index in [1.807, 2.05) is 13.1 Å². The van der Waals surface area contributed by atoms with E-state index < -0.39 is 0 Å². The van der Waals surface area contributed by atoms with Gasteiger partial charge in [-0.25, -0.2) is 4.98 Å². The minimum absolute atomic E-state index is 0.106. The third kappa shape index (κ3) is 4.43. The Morgan fingerprint density at radius 2 is 2.17 bits per heavy atom. The van der Waals surface area contributed by atoms with Gasteiger partial charge in [0.05, 0.1) is 12.5 Å². The van der Waals surface area contributed by atoms with Crippen LogP contribution in [0.3, 0.4) is 0 Å². The molecule has 0 bridgehead atoms. The molecule has 1 rings (SSSR count). The first-order valence-electron chi connectivity index (χ1n) is 5.78. The van der Waals surface area contributed by atoms with Gasteiger partial charge in [-0.1, -0.05) is 6.92 Å². The molecule has 0 aliphatic carbocycles. The van der Waals surface area contributed by atoms with E-state index >= 15 is 0 Å². The Bertz CT molecular complexity index is 430. The fourth-order valence-electron chi connectivity index (χ4n) is 1.33. The molecule has 6 nitrogen and oxygen atoms in total. The fourth-order valence-corrected chi connectivity index (χ4v) is 1.50. The molecule has 0 saturated heterocycles. The lowest BCUT2D eigenvalue weighted by atomic mass is 10.3. The first-order chi connectivity index (χ1) is 8.56. The van der Waals surface area contributed by atoms with Gasteiger partial charge in [-0.2, -0.15) is 15.2 Å². The Labute approximate surface area is 112 Å². The average Bonchev–Trinajstić information content (AvgIpc) is 2.34. The van der Waals surface area contributed by atoms with Crippen LogP contribution in [0.2, 0.25) is 5.28 Å². The Kier molecular flexibility index (Phi) is 5.75. The van der Waals surface area contributed by atoms with E-state index in [9.17, 15) is 0 Å². The molecule has 0 radical (unpaired) electrons. The number of nitriles is 1. The summed E-state index contributed by atoms with van der Waals surface area (Å²) >= 11 is 5.77. The number of aromatic nitrogens is 3. The van der Waals surface area contributed by atoms with Crippen molar-refractivity contribution in [1.29, 1.82) is 5.26 Å². The molecule has 0 spiro atoms. The van der Waals surface area contributed by atoms with Crippen LogP contribution in [0.5, 0.6) is 0 Å². The van der Waals surface area contributed by atoms with Crippen LogP contribution in [0.4, 0.5) is 5.95 Å². The van der Waals surface area contributed by atoms with Gasteiger partial charge in [-0.3, -0.25) is 0 Å². The largest absolute Gasteiger partial charge is 0.353 e. The number of hydrogen-bond acceptors (Lipinski definition) is 6. The van der Waals surface area contributed by atoms with Crippen molar-refractivity contribution in [2.75, 3.05) is 25.5 Å². The SMILES string of the molecule is CCN(C)C(C)CNc1nc(Cl)nc(CC#N)n1. The lowest BCUT2D eigenvalue weighted by molar-refractivity contribution is 0.281. The molecule has 1 heterocycles. The standard InChI is InChI=1S/C11H17ClN6/c1-4-18(3)8(2)7-14-11-16-9(5-6-13)15-10(12)17-11/h8H,4-5,7H2,1-3H3,(H,14,15,16,17). The summed E-state index contributed by atoms with van der Waals surface area (Å²) in [6, 6.07) is 2.34. The molecule has 1 unspecified atom stereocenters. The van der Waals surface area contributed by atoms with Gasteiger partial charge in [0.2, 0.25) is 11.2 Å². The van der Waals surface area contributed by atoms with Crippen molar-refractivity contribution in [3.8, 4) is 6.07 Å². The van der Waals surface area contributed by atoms with E-state index in [1.54, 1.807) is 0 Å². The highest BCUT2D eigenvalue weighted by Crippen LogP contribution is 2.07. The third-order valence-corrected chi connectivity index (χ3v) is 2.87. The van der Waals surface area contributed by atoms with E-state index in [0.717, 1.165) is 6.54 Å². The van der Waals surface area contributed by atoms with Crippen LogP contribution in [0, 0.1) is 11.3 Å². The number of rotatable bonds is 6. The molecule has 18 heavy (non-hydrogen) atoms. The molecule has 0 saturated carbocycles. The summed E-state index contributed by atoms with van der Waals surface area (Å²) in [5.41, 5.74) is 0. The van der Waals surface area contributed by atoms with Gasteiger partial charge < -0.3 is 10.2 Å². The summed E-state index contributed by atoms with van der Waals surface area (Å²) in [5.74, 6) is 0.799. The molecular weight excluding hydrogens is 252 g/mol. The van der Waals surface area contributed by atoms with E-state index in [1.165, 1.54) is 0 Å². The molecule has 98 valence electrons. The summed E-state index contributed by atoms with van der Waals surface area (Å²) in [7, 11) is 2.05. The number of nitrogens with one attached hydrogen (secondary N) is 1. The predicted molar refractivity (Wildman–Crippen MR) is 70.4 cm³/mol. The summed E-state index contributed by atoms with van der Waals surface area (Å²) < 4.78 is 0. The minimum Gasteiger partial charge on any atom is -0.353 e. The molecular formula is C11H17ClN6. The molecule has 7 heteroatoms. The lowest BCUT2D eigenvalue weighted by Gasteiger charge is -2.23. The zero-order valence-electron chi connectivity index (χ0n) is 10.8. The zero-order valence-corrected chi connectivity index (χ0v) is 11.6. The highest BCUT2D eigenvalue weighted by Gasteiger charge is 2.09. The molecule has 0 fully saturated rings.